The molecule has 0 atom stereocenters. The summed E-state index contributed by atoms with van der Waals surface area (Å²) < 4.78 is 11.4. The van der Waals surface area contributed by atoms with Crippen LogP contribution in [0.15, 0.2) is 30.3 Å². The fourth-order valence-electron chi connectivity index (χ4n) is 2.53. The largest absolute Gasteiger partial charge is 0.488 e. The topological polar surface area (TPSA) is 60.3 Å². The predicted molar refractivity (Wildman–Crippen MR) is 82.6 cm³/mol. The van der Waals surface area contributed by atoms with Crippen molar-refractivity contribution in [1.82, 2.24) is 4.98 Å². The Morgan fingerprint density at radius 1 is 1.00 bits per heavy atom. The molecule has 0 radical (unpaired) electrons. The number of hydrogen-bond donors (Lipinski definition) is 2. The summed E-state index contributed by atoms with van der Waals surface area (Å²) in [6, 6.07) is 10.1. The van der Waals surface area contributed by atoms with E-state index < -0.39 is 0 Å². The first-order valence-electron chi connectivity index (χ1n) is 6.84. The van der Waals surface area contributed by atoms with E-state index in [0.717, 1.165) is 21.8 Å². The lowest BCUT2D eigenvalue weighted by Crippen LogP contribution is -2.02. The summed E-state index contributed by atoms with van der Waals surface area (Å²) in [7, 11) is 0. The van der Waals surface area contributed by atoms with Crippen LogP contribution in [0.3, 0.4) is 0 Å². The molecule has 4 heteroatoms. The second kappa shape index (κ2) is 4.96. The normalized spacial score (nSPS) is 11.1. The maximum atomic E-state index is 6.14. The first kappa shape index (κ1) is 12.7. The Kier molecular flexibility index (Phi) is 3.14. The van der Waals surface area contributed by atoms with E-state index >= 15 is 0 Å². The van der Waals surface area contributed by atoms with Gasteiger partial charge in [0.1, 0.15) is 0 Å². The van der Waals surface area contributed by atoms with E-state index in [1.807, 2.05) is 38.1 Å². The Balaban J connectivity index is 2.38. The molecule has 0 amide bonds. The van der Waals surface area contributed by atoms with Crippen LogP contribution in [-0.2, 0) is 0 Å². The van der Waals surface area contributed by atoms with Gasteiger partial charge in [0, 0.05) is 16.3 Å². The summed E-state index contributed by atoms with van der Waals surface area (Å²) in [6.45, 7) is 5.00. The van der Waals surface area contributed by atoms with E-state index in [0.29, 0.717) is 30.4 Å². The average molecular weight is 270 g/mol. The van der Waals surface area contributed by atoms with Crippen LogP contribution >= 0.6 is 0 Å². The Morgan fingerprint density at radius 3 is 2.45 bits per heavy atom. The zero-order chi connectivity index (χ0) is 14.1. The molecule has 3 N–H and O–H groups in total. The molecule has 0 aliphatic heterocycles. The van der Waals surface area contributed by atoms with Gasteiger partial charge in [0.15, 0.2) is 11.5 Å². The molecule has 4 nitrogen and oxygen atoms in total. The number of aromatic nitrogens is 1. The molecule has 104 valence electrons. The molecular formula is C16H18N2O2. The Labute approximate surface area is 117 Å². The van der Waals surface area contributed by atoms with Crippen LogP contribution in [0.2, 0.25) is 0 Å². The molecule has 0 saturated heterocycles. The highest BCUT2D eigenvalue weighted by Gasteiger charge is 2.17. The number of aromatic amines is 1. The molecule has 0 unspecified atom stereocenters. The second-order valence-corrected chi connectivity index (χ2v) is 4.58. The van der Waals surface area contributed by atoms with Crippen molar-refractivity contribution >= 4 is 27.5 Å². The van der Waals surface area contributed by atoms with Crippen LogP contribution in [-0.4, -0.2) is 18.2 Å². The van der Waals surface area contributed by atoms with Crippen LogP contribution < -0.4 is 15.2 Å². The summed E-state index contributed by atoms with van der Waals surface area (Å²) >= 11 is 0. The molecule has 0 aliphatic carbocycles. The van der Waals surface area contributed by atoms with Gasteiger partial charge in [-0.25, -0.2) is 0 Å². The zero-order valence-electron chi connectivity index (χ0n) is 11.7. The minimum absolute atomic E-state index is 0.552. The number of anilines is 1. The molecular weight excluding hydrogens is 252 g/mol. The van der Waals surface area contributed by atoms with Crippen molar-refractivity contribution < 1.29 is 9.47 Å². The lowest BCUT2D eigenvalue weighted by molar-refractivity contribution is 0.292. The van der Waals surface area contributed by atoms with Crippen molar-refractivity contribution in [3.8, 4) is 11.5 Å². The third-order valence-corrected chi connectivity index (χ3v) is 3.32. The lowest BCUT2D eigenvalue weighted by Gasteiger charge is -2.14. The molecule has 0 bridgehead atoms. The van der Waals surface area contributed by atoms with Gasteiger partial charge in [-0.1, -0.05) is 18.2 Å². The molecule has 0 spiro atoms. The van der Waals surface area contributed by atoms with Crippen molar-refractivity contribution in [2.45, 2.75) is 13.8 Å². The SMILES string of the molecule is CCOc1c(N)cc2c([nH]c3ccccc32)c1OCC. The summed E-state index contributed by atoms with van der Waals surface area (Å²) in [5.74, 6) is 1.31. The number of benzene rings is 2. The summed E-state index contributed by atoms with van der Waals surface area (Å²) in [5.41, 5.74) is 8.74. The maximum absolute atomic E-state index is 6.14. The van der Waals surface area contributed by atoms with Gasteiger partial charge in [0.25, 0.3) is 0 Å². The summed E-state index contributed by atoms with van der Waals surface area (Å²) in [5, 5.41) is 2.20. The number of fused-ring (bicyclic) bond motifs is 3. The highest BCUT2D eigenvalue weighted by Crippen LogP contribution is 2.43. The highest BCUT2D eigenvalue weighted by atomic mass is 16.5. The molecule has 0 aliphatic rings. The second-order valence-electron chi connectivity index (χ2n) is 4.58. The van der Waals surface area contributed by atoms with Gasteiger partial charge < -0.3 is 20.2 Å². The number of nitrogens with one attached hydrogen (secondary N) is 1. The molecule has 0 saturated carbocycles. The fourth-order valence-corrected chi connectivity index (χ4v) is 2.53. The van der Waals surface area contributed by atoms with Gasteiger partial charge >= 0.3 is 0 Å². The van der Waals surface area contributed by atoms with Crippen LogP contribution in [0.4, 0.5) is 5.69 Å². The van der Waals surface area contributed by atoms with E-state index in [1.54, 1.807) is 0 Å². The molecule has 3 rings (SSSR count). The van der Waals surface area contributed by atoms with E-state index in [9.17, 15) is 0 Å². The smallest absolute Gasteiger partial charge is 0.187 e. The predicted octanol–water partition coefficient (Wildman–Crippen LogP) is 3.70. The third-order valence-electron chi connectivity index (χ3n) is 3.32. The quantitative estimate of drug-likeness (QED) is 0.711. The van der Waals surface area contributed by atoms with Gasteiger partial charge in [-0.05, 0) is 26.0 Å². The summed E-state index contributed by atoms with van der Waals surface area (Å²) in [4.78, 5) is 3.40. The standard InChI is InChI=1S/C16H18N2O2/c1-3-19-15-12(17)9-11-10-7-5-6-8-13(10)18-14(11)16(15)20-4-2/h5-9,18H,3-4,17H2,1-2H3. The lowest BCUT2D eigenvalue weighted by atomic mass is 10.1. The van der Waals surface area contributed by atoms with Crippen molar-refractivity contribution in [3.05, 3.63) is 30.3 Å². The molecule has 1 heterocycles. The van der Waals surface area contributed by atoms with Crippen molar-refractivity contribution in [3.63, 3.8) is 0 Å². The third kappa shape index (κ3) is 1.84. The molecule has 3 aromatic rings. The Bertz CT molecular complexity index is 762. The number of hydrogen-bond acceptors (Lipinski definition) is 3. The molecule has 2 aromatic carbocycles. The van der Waals surface area contributed by atoms with Crippen LogP contribution in [0.25, 0.3) is 21.8 Å². The van der Waals surface area contributed by atoms with Crippen LogP contribution in [0.1, 0.15) is 13.8 Å². The first-order valence-corrected chi connectivity index (χ1v) is 6.84. The van der Waals surface area contributed by atoms with E-state index in [2.05, 4.69) is 11.1 Å². The number of para-hydroxylation sites is 1. The number of rotatable bonds is 4. The first-order chi connectivity index (χ1) is 9.76. The monoisotopic (exact) mass is 270 g/mol. The molecule has 0 fully saturated rings. The summed E-state index contributed by atoms with van der Waals surface area (Å²) in [6.07, 6.45) is 0. The number of H-pyrrole nitrogens is 1. The molecule has 20 heavy (non-hydrogen) atoms. The van der Waals surface area contributed by atoms with Gasteiger partial charge in [0.05, 0.1) is 24.4 Å². The van der Waals surface area contributed by atoms with Gasteiger partial charge in [-0.15, -0.1) is 0 Å². The van der Waals surface area contributed by atoms with E-state index in [-0.39, 0.29) is 0 Å². The van der Waals surface area contributed by atoms with E-state index in [1.165, 1.54) is 0 Å². The van der Waals surface area contributed by atoms with Crippen molar-refractivity contribution in [2.24, 2.45) is 0 Å². The van der Waals surface area contributed by atoms with E-state index in [4.69, 9.17) is 15.2 Å². The van der Waals surface area contributed by atoms with Crippen LogP contribution in [0.5, 0.6) is 11.5 Å². The van der Waals surface area contributed by atoms with Gasteiger partial charge in [0.2, 0.25) is 0 Å². The highest BCUT2D eigenvalue weighted by molar-refractivity contribution is 6.11. The number of nitrogen functional groups attached to an aromatic ring is 1. The van der Waals surface area contributed by atoms with Gasteiger partial charge in [-0.3, -0.25) is 0 Å². The van der Waals surface area contributed by atoms with Gasteiger partial charge in [-0.2, -0.15) is 0 Å². The minimum Gasteiger partial charge on any atom is -0.488 e. The Morgan fingerprint density at radius 2 is 1.70 bits per heavy atom. The minimum atomic E-state index is 0.552. The maximum Gasteiger partial charge on any atom is 0.187 e. The number of ether oxygens (including phenoxy) is 2. The fraction of sp³-hybridized carbons (Fsp3) is 0.250. The average Bonchev–Trinajstić information content (AvgIpc) is 2.81. The molecule has 1 aromatic heterocycles. The zero-order valence-corrected chi connectivity index (χ0v) is 11.7. The Hall–Kier alpha value is -2.36. The van der Waals surface area contributed by atoms with Crippen molar-refractivity contribution in [2.75, 3.05) is 18.9 Å². The van der Waals surface area contributed by atoms with Crippen molar-refractivity contribution in [1.29, 1.82) is 0 Å². The van der Waals surface area contributed by atoms with Crippen LogP contribution in [0, 0.1) is 0 Å². The number of nitrogens with two attached hydrogens (primary N) is 1.